The average Bonchev–Trinajstić information content (AvgIpc) is 3.52. The third-order valence-corrected chi connectivity index (χ3v) is 6.86. The smallest absolute Gasteiger partial charge is 0.253 e. The Morgan fingerprint density at radius 3 is 2.51 bits per heavy atom. The Balaban J connectivity index is 1.36. The van der Waals surface area contributed by atoms with E-state index in [1.807, 2.05) is 78.3 Å². The minimum absolute atomic E-state index is 0.0901. The van der Waals surface area contributed by atoms with E-state index >= 15 is 0 Å². The molecule has 9 heteroatoms. The van der Waals surface area contributed by atoms with Crippen molar-refractivity contribution < 1.29 is 9.53 Å². The molecule has 1 aliphatic rings. The van der Waals surface area contributed by atoms with Gasteiger partial charge in [0.25, 0.3) is 5.91 Å². The number of carbonyl (C=O) groups excluding carboxylic acids is 1. The molecule has 2 aromatic carbocycles. The largest absolute Gasteiger partial charge is 0.497 e. The van der Waals surface area contributed by atoms with Crippen molar-refractivity contribution in [3.63, 3.8) is 0 Å². The van der Waals surface area contributed by atoms with Crippen LogP contribution in [-0.2, 0) is 11.8 Å². The highest BCUT2D eigenvalue weighted by molar-refractivity contribution is 7.99. The van der Waals surface area contributed by atoms with Crippen LogP contribution in [0.5, 0.6) is 5.75 Å². The molecule has 3 heterocycles. The average molecular weight is 485 g/mol. The number of ether oxygens (including phenoxy) is 1. The molecule has 1 atom stereocenters. The van der Waals surface area contributed by atoms with Gasteiger partial charge in [-0.15, -0.1) is 10.2 Å². The molecule has 1 amide bonds. The number of aromatic nitrogens is 4. The van der Waals surface area contributed by atoms with Crippen molar-refractivity contribution in [2.24, 2.45) is 12.1 Å². The van der Waals surface area contributed by atoms with Gasteiger partial charge in [0.2, 0.25) is 0 Å². The SMILES string of the molecule is COc1ccc([C@@H]2CC(c3ccccc3)=NN2C(=O)CSc2nnc(-c3cccnc3)n2C)cc1. The molecule has 0 unspecified atom stereocenters. The number of hydrogen-bond donors (Lipinski definition) is 0. The number of hydrazone groups is 1. The fraction of sp³-hybridized carbons (Fsp3) is 0.192. The van der Waals surface area contributed by atoms with Gasteiger partial charge in [-0.3, -0.25) is 9.78 Å². The van der Waals surface area contributed by atoms with Crippen molar-refractivity contribution in [3.8, 4) is 17.1 Å². The summed E-state index contributed by atoms with van der Waals surface area (Å²) in [4.78, 5) is 17.5. The molecule has 0 saturated carbocycles. The van der Waals surface area contributed by atoms with E-state index < -0.39 is 0 Å². The summed E-state index contributed by atoms with van der Waals surface area (Å²) in [5.41, 5.74) is 3.79. The van der Waals surface area contributed by atoms with Crippen LogP contribution >= 0.6 is 11.8 Å². The molecule has 4 aromatic rings. The van der Waals surface area contributed by atoms with Crippen LogP contribution in [0, 0.1) is 0 Å². The molecule has 0 spiro atoms. The molecular weight excluding hydrogens is 460 g/mol. The highest BCUT2D eigenvalue weighted by Gasteiger charge is 2.33. The van der Waals surface area contributed by atoms with Gasteiger partial charge >= 0.3 is 0 Å². The minimum Gasteiger partial charge on any atom is -0.497 e. The van der Waals surface area contributed by atoms with E-state index in [4.69, 9.17) is 9.84 Å². The molecule has 1 aliphatic heterocycles. The number of amides is 1. The van der Waals surface area contributed by atoms with Gasteiger partial charge in [-0.25, -0.2) is 5.01 Å². The maximum absolute atomic E-state index is 13.4. The zero-order chi connectivity index (χ0) is 24.2. The fourth-order valence-electron chi connectivity index (χ4n) is 4.01. The lowest BCUT2D eigenvalue weighted by Crippen LogP contribution is -2.28. The number of rotatable bonds is 7. The van der Waals surface area contributed by atoms with Crippen LogP contribution in [0.1, 0.15) is 23.6 Å². The number of hydrogen-bond acceptors (Lipinski definition) is 7. The van der Waals surface area contributed by atoms with Gasteiger partial charge in [0, 0.05) is 31.4 Å². The first kappa shape index (κ1) is 22.8. The summed E-state index contributed by atoms with van der Waals surface area (Å²) in [6.45, 7) is 0. The van der Waals surface area contributed by atoms with Crippen LogP contribution in [0.15, 0.2) is 89.4 Å². The topological polar surface area (TPSA) is 85.5 Å². The second kappa shape index (κ2) is 10.1. The summed E-state index contributed by atoms with van der Waals surface area (Å²) >= 11 is 1.35. The van der Waals surface area contributed by atoms with Crippen LogP contribution in [0.2, 0.25) is 0 Å². The number of pyridine rings is 1. The Bertz CT molecular complexity index is 1340. The molecular formula is C26H24N6O2S. The quantitative estimate of drug-likeness (QED) is 0.363. The van der Waals surface area contributed by atoms with Crippen LogP contribution in [0.25, 0.3) is 11.4 Å². The molecule has 0 saturated heterocycles. The van der Waals surface area contributed by atoms with Gasteiger partial charge in [-0.2, -0.15) is 5.10 Å². The minimum atomic E-state index is -0.185. The van der Waals surface area contributed by atoms with Gasteiger partial charge in [0.1, 0.15) is 5.75 Å². The Kier molecular flexibility index (Phi) is 6.58. The van der Waals surface area contributed by atoms with E-state index in [1.54, 1.807) is 24.5 Å². The highest BCUT2D eigenvalue weighted by Crippen LogP contribution is 2.34. The molecule has 8 nitrogen and oxygen atoms in total. The maximum Gasteiger partial charge on any atom is 0.253 e. The summed E-state index contributed by atoms with van der Waals surface area (Å²) < 4.78 is 7.17. The molecule has 0 aliphatic carbocycles. The normalized spacial score (nSPS) is 15.2. The predicted octanol–water partition coefficient (Wildman–Crippen LogP) is 4.36. The Morgan fingerprint density at radius 2 is 1.80 bits per heavy atom. The summed E-state index contributed by atoms with van der Waals surface area (Å²) in [6, 6.07) is 21.4. The maximum atomic E-state index is 13.4. The van der Waals surface area contributed by atoms with Gasteiger partial charge in [-0.05, 0) is 35.4 Å². The molecule has 0 radical (unpaired) electrons. The number of thioether (sulfide) groups is 1. The van der Waals surface area contributed by atoms with E-state index in [2.05, 4.69) is 15.2 Å². The lowest BCUT2D eigenvalue weighted by Gasteiger charge is -2.22. The Hall–Kier alpha value is -3.98. The number of methoxy groups -OCH3 is 1. The van der Waals surface area contributed by atoms with Crippen molar-refractivity contribution in [2.75, 3.05) is 12.9 Å². The lowest BCUT2D eigenvalue weighted by molar-refractivity contribution is -0.130. The summed E-state index contributed by atoms with van der Waals surface area (Å²) in [7, 11) is 3.53. The van der Waals surface area contributed by atoms with E-state index in [0.29, 0.717) is 17.4 Å². The summed E-state index contributed by atoms with van der Waals surface area (Å²) in [6.07, 6.45) is 4.10. The molecule has 0 fully saturated rings. The van der Waals surface area contributed by atoms with Crippen LogP contribution in [-0.4, -0.2) is 49.2 Å². The monoisotopic (exact) mass is 484 g/mol. The van der Waals surface area contributed by atoms with Crippen LogP contribution < -0.4 is 4.74 Å². The van der Waals surface area contributed by atoms with Gasteiger partial charge in [0.05, 0.1) is 24.6 Å². The number of carbonyl (C=O) groups is 1. The fourth-order valence-corrected chi connectivity index (χ4v) is 4.77. The second-order valence-corrected chi connectivity index (χ2v) is 8.98. The zero-order valence-electron chi connectivity index (χ0n) is 19.4. The second-order valence-electron chi connectivity index (χ2n) is 8.04. The third-order valence-electron chi connectivity index (χ3n) is 5.85. The predicted molar refractivity (Wildman–Crippen MR) is 135 cm³/mol. The van der Waals surface area contributed by atoms with E-state index in [9.17, 15) is 4.79 Å². The standard InChI is InChI=1S/C26H24N6O2S/c1-31-25(20-9-6-14-27-16-20)28-29-26(31)35-17-24(33)32-23(19-10-12-21(34-2)13-11-19)15-22(30-32)18-7-4-3-5-8-18/h3-14,16,23H,15,17H2,1-2H3/t23-/m0/s1. The molecule has 0 bridgehead atoms. The molecule has 5 rings (SSSR count). The summed E-state index contributed by atoms with van der Waals surface area (Å²) in [5.74, 6) is 1.58. The first-order valence-electron chi connectivity index (χ1n) is 11.2. The van der Waals surface area contributed by atoms with Gasteiger partial charge in [-0.1, -0.05) is 54.2 Å². The molecule has 176 valence electrons. The third kappa shape index (κ3) is 4.81. The Morgan fingerprint density at radius 1 is 1.03 bits per heavy atom. The van der Waals surface area contributed by atoms with Crippen molar-refractivity contribution >= 4 is 23.4 Å². The molecule has 2 aromatic heterocycles. The van der Waals surface area contributed by atoms with Crippen LogP contribution in [0.4, 0.5) is 0 Å². The number of benzene rings is 2. The summed E-state index contributed by atoms with van der Waals surface area (Å²) in [5, 5.41) is 15.6. The van der Waals surface area contributed by atoms with Gasteiger partial charge in [0.15, 0.2) is 11.0 Å². The highest BCUT2D eigenvalue weighted by atomic mass is 32.2. The first-order valence-corrected chi connectivity index (χ1v) is 12.1. The van der Waals surface area contributed by atoms with Crippen molar-refractivity contribution in [2.45, 2.75) is 17.6 Å². The zero-order valence-corrected chi connectivity index (χ0v) is 20.2. The van der Waals surface area contributed by atoms with Crippen molar-refractivity contribution in [3.05, 3.63) is 90.3 Å². The lowest BCUT2D eigenvalue weighted by atomic mass is 9.98. The van der Waals surface area contributed by atoms with E-state index in [1.165, 1.54) is 11.8 Å². The first-order chi connectivity index (χ1) is 17.1. The van der Waals surface area contributed by atoms with Crippen molar-refractivity contribution in [1.29, 1.82) is 0 Å². The van der Waals surface area contributed by atoms with E-state index in [0.717, 1.165) is 28.2 Å². The van der Waals surface area contributed by atoms with Crippen molar-refractivity contribution in [1.82, 2.24) is 24.8 Å². The molecule has 35 heavy (non-hydrogen) atoms. The van der Waals surface area contributed by atoms with Crippen LogP contribution in [0.3, 0.4) is 0 Å². The number of nitrogens with zero attached hydrogens (tertiary/aromatic N) is 6. The Labute approximate surface area is 207 Å². The van der Waals surface area contributed by atoms with Gasteiger partial charge < -0.3 is 9.30 Å². The van der Waals surface area contributed by atoms with E-state index in [-0.39, 0.29) is 17.7 Å². The molecule has 0 N–H and O–H groups in total.